The van der Waals surface area contributed by atoms with Crippen molar-refractivity contribution in [3.8, 4) is 0 Å². The summed E-state index contributed by atoms with van der Waals surface area (Å²) in [6.45, 7) is 1.59. The fourth-order valence-electron chi connectivity index (χ4n) is 2.21. The average molecular weight is 266 g/mol. The van der Waals surface area contributed by atoms with Crippen LogP contribution in [0.2, 0.25) is 5.02 Å². The first-order valence-corrected chi connectivity index (χ1v) is 5.87. The van der Waals surface area contributed by atoms with Gasteiger partial charge in [-0.3, -0.25) is 4.79 Å². The zero-order chi connectivity index (χ0) is 13.3. The number of allylic oxidation sites excluding steroid dienone is 1. The maximum absolute atomic E-state index is 11.6. The average Bonchev–Trinajstić information content (AvgIpc) is 2.27. The first kappa shape index (κ1) is 12.6. The molecule has 1 aliphatic rings. The summed E-state index contributed by atoms with van der Waals surface area (Å²) in [4.78, 5) is 22.9. The highest BCUT2D eigenvalue weighted by Gasteiger charge is 2.32. The summed E-state index contributed by atoms with van der Waals surface area (Å²) in [5.74, 6) is -1.72. The number of aliphatic carboxylic acids is 1. The molecule has 0 spiro atoms. The molecule has 5 heteroatoms. The fourth-order valence-corrected chi connectivity index (χ4v) is 2.48. The number of carbonyl (C=O) groups is 2. The summed E-state index contributed by atoms with van der Waals surface area (Å²) in [7, 11) is 0. The van der Waals surface area contributed by atoms with E-state index in [1.807, 2.05) is 0 Å². The van der Waals surface area contributed by atoms with Crippen LogP contribution in [0.15, 0.2) is 35.5 Å². The molecule has 2 N–H and O–H groups in total. The second-order valence-corrected chi connectivity index (χ2v) is 4.58. The highest BCUT2D eigenvalue weighted by atomic mass is 35.5. The van der Waals surface area contributed by atoms with E-state index in [9.17, 15) is 14.7 Å². The Morgan fingerprint density at radius 2 is 2.11 bits per heavy atom. The summed E-state index contributed by atoms with van der Waals surface area (Å²) in [5, 5.41) is 12.3. The molecule has 0 saturated carbocycles. The molecule has 0 aliphatic carbocycles. The molecule has 0 saturated heterocycles. The van der Waals surface area contributed by atoms with Crippen LogP contribution in [0.25, 0.3) is 0 Å². The molecule has 4 nitrogen and oxygen atoms in total. The molecular weight excluding hydrogens is 254 g/mol. The molecule has 1 amide bonds. The van der Waals surface area contributed by atoms with Gasteiger partial charge >= 0.3 is 5.97 Å². The highest BCUT2D eigenvalue weighted by Crippen LogP contribution is 2.36. The number of rotatable bonds is 2. The van der Waals surface area contributed by atoms with Gasteiger partial charge in [0.2, 0.25) is 5.91 Å². The minimum absolute atomic E-state index is 0.0999. The molecule has 0 aromatic heterocycles. The summed E-state index contributed by atoms with van der Waals surface area (Å²) in [6.07, 6.45) is 0.0999. The Kier molecular flexibility index (Phi) is 3.39. The fraction of sp³-hybridized carbons (Fsp3) is 0.231. The van der Waals surface area contributed by atoms with Gasteiger partial charge in [0, 0.05) is 23.1 Å². The van der Waals surface area contributed by atoms with Crippen LogP contribution in [-0.4, -0.2) is 17.0 Å². The van der Waals surface area contributed by atoms with Crippen molar-refractivity contribution in [2.45, 2.75) is 19.3 Å². The van der Waals surface area contributed by atoms with E-state index in [-0.39, 0.29) is 17.9 Å². The van der Waals surface area contributed by atoms with Crippen LogP contribution in [0.1, 0.15) is 24.8 Å². The summed E-state index contributed by atoms with van der Waals surface area (Å²) < 4.78 is 0. The van der Waals surface area contributed by atoms with Gasteiger partial charge in [-0.2, -0.15) is 0 Å². The molecule has 2 rings (SSSR count). The maximum atomic E-state index is 11.6. The van der Waals surface area contributed by atoms with Gasteiger partial charge in [0.1, 0.15) is 0 Å². The zero-order valence-corrected chi connectivity index (χ0v) is 10.5. The van der Waals surface area contributed by atoms with Gasteiger partial charge in [-0.1, -0.05) is 29.8 Å². The van der Waals surface area contributed by atoms with Gasteiger partial charge < -0.3 is 10.4 Å². The van der Waals surface area contributed by atoms with Crippen LogP contribution in [0.3, 0.4) is 0 Å². The van der Waals surface area contributed by atoms with Crippen molar-refractivity contribution in [1.29, 1.82) is 0 Å². The van der Waals surface area contributed by atoms with Crippen molar-refractivity contribution in [2.24, 2.45) is 0 Å². The topological polar surface area (TPSA) is 66.4 Å². The molecule has 1 atom stereocenters. The highest BCUT2D eigenvalue weighted by molar-refractivity contribution is 6.31. The summed E-state index contributed by atoms with van der Waals surface area (Å²) in [6, 6.07) is 6.99. The molecule has 0 fully saturated rings. The predicted octanol–water partition coefficient (Wildman–Crippen LogP) is 2.30. The normalized spacial score (nSPS) is 19.7. The van der Waals surface area contributed by atoms with Crippen molar-refractivity contribution in [2.75, 3.05) is 0 Å². The van der Waals surface area contributed by atoms with E-state index < -0.39 is 11.9 Å². The van der Waals surface area contributed by atoms with E-state index in [1.54, 1.807) is 31.2 Å². The number of halogens is 1. The minimum Gasteiger partial charge on any atom is -0.478 e. The second-order valence-electron chi connectivity index (χ2n) is 4.17. The van der Waals surface area contributed by atoms with Crippen molar-refractivity contribution in [3.63, 3.8) is 0 Å². The molecule has 1 heterocycles. The Balaban J connectivity index is 2.54. The molecule has 0 radical (unpaired) electrons. The SMILES string of the molecule is CC1=C(C(=O)O)[C@@H](c2ccccc2Cl)CC(=O)N1. The van der Waals surface area contributed by atoms with Crippen molar-refractivity contribution >= 4 is 23.5 Å². The monoisotopic (exact) mass is 265 g/mol. The lowest BCUT2D eigenvalue weighted by molar-refractivity contribution is -0.133. The molecule has 0 bridgehead atoms. The maximum Gasteiger partial charge on any atom is 0.333 e. The quantitative estimate of drug-likeness (QED) is 0.862. The van der Waals surface area contributed by atoms with Gasteiger partial charge in [-0.25, -0.2) is 4.79 Å². The molecule has 94 valence electrons. The smallest absolute Gasteiger partial charge is 0.333 e. The number of carboxylic acid groups (broad SMARTS) is 1. The molecule has 18 heavy (non-hydrogen) atoms. The number of carbonyl (C=O) groups excluding carboxylic acids is 1. The standard InChI is InChI=1S/C13H12ClNO3/c1-7-12(13(17)18)9(6-11(16)15-7)8-4-2-3-5-10(8)14/h2-5,9H,6H2,1H3,(H,15,16)(H,17,18)/t9-/m1/s1. The van der Waals surface area contributed by atoms with Crippen molar-refractivity contribution in [3.05, 3.63) is 46.1 Å². The molecule has 1 aromatic carbocycles. The lowest BCUT2D eigenvalue weighted by atomic mass is 9.84. The van der Waals surface area contributed by atoms with Crippen LogP contribution in [0.4, 0.5) is 0 Å². The van der Waals surface area contributed by atoms with E-state index in [0.717, 1.165) is 0 Å². The number of amides is 1. The second kappa shape index (κ2) is 4.82. The summed E-state index contributed by atoms with van der Waals surface area (Å²) >= 11 is 6.08. The van der Waals surface area contributed by atoms with Gasteiger partial charge in [-0.05, 0) is 18.6 Å². The van der Waals surface area contributed by atoms with E-state index in [0.29, 0.717) is 16.3 Å². The Hall–Kier alpha value is -1.81. The van der Waals surface area contributed by atoms with Crippen LogP contribution in [0, 0.1) is 0 Å². The van der Waals surface area contributed by atoms with Crippen LogP contribution >= 0.6 is 11.6 Å². The minimum atomic E-state index is -1.03. The Morgan fingerprint density at radius 1 is 1.44 bits per heavy atom. The lowest BCUT2D eigenvalue weighted by Crippen LogP contribution is -2.33. The Labute approximate surface area is 109 Å². The molecular formula is C13H12ClNO3. The molecule has 1 aliphatic heterocycles. The summed E-state index contributed by atoms with van der Waals surface area (Å²) in [5.41, 5.74) is 1.25. The third-order valence-electron chi connectivity index (χ3n) is 2.98. The van der Waals surface area contributed by atoms with Crippen LogP contribution in [-0.2, 0) is 9.59 Å². The third kappa shape index (κ3) is 2.24. The van der Waals surface area contributed by atoms with E-state index in [4.69, 9.17) is 11.6 Å². The van der Waals surface area contributed by atoms with Crippen molar-refractivity contribution in [1.82, 2.24) is 5.32 Å². The number of benzene rings is 1. The van der Waals surface area contributed by atoms with E-state index >= 15 is 0 Å². The first-order valence-electron chi connectivity index (χ1n) is 5.49. The number of carboxylic acids is 1. The lowest BCUT2D eigenvalue weighted by Gasteiger charge is -2.25. The number of nitrogens with one attached hydrogen (secondary N) is 1. The first-order chi connectivity index (χ1) is 8.50. The van der Waals surface area contributed by atoms with Crippen LogP contribution < -0.4 is 5.32 Å². The van der Waals surface area contributed by atoms with Gasteiger partial charge in [0.15, 0.2) is 0 Å². The van der Waals surface area contributed by atoms with Gasteiger partial charge in [-0.15, -0.1) is 0 Å². The molecule has 0 unspecified atom stereocenters. The largest absolute Gasteiger partial charge is 0.478 e. The van der Waals surface area contributed by atoms with Gasteiger partial charge in [0.25, 0.3) is 0 Å². The van der Waals surface area contributed by atoms with E-state index in [2.05, 4.69) is 5.32 Å². The van der Waals surface area contributed by atoms with Crippen molar-refractivity contribution < 1.29 is 14.7 Å². The van der Waals surface area contributed by atoms with Gasteiger partial charge in [0.05, 0.1) is 5.57 Å². The Morgan fingerprint density at radius 3 is 2.72 bits per heavy atom. The predicted molar refractivity (Wildman–Crippen MR) is 67.3 cm³/mol. The van der Waals surface area contributed by atoms with Crippen LogP contribution in [0.5, 0.6) is 0 Å². The van der Waals surface area contributed by atoms with E-state index in [1.165, 1.54) is 0 Å². The number of hydrogen-bond acceptors (Lipinski definition) is 2. The Bertz CT molecular complexity index is 551. The number of hydrogen-bond donors (Lipinski definition) is 2. The zero-order valence-electron chi connectivity index (χ0n) is 9.74. The molecule has 1 aromatic rings. The third-order valence-corrected chi connectivity index (χ3v) is 3.32.